The van der Waals surface area contributed by atoms with Crippen molar-refractivity contribution in [1.29, 1.82) is 0 Å². The molecular weight excluding hydrogens is 441 g/mol. The van der Waals surface area contributed by atoms with Crippen LogP contribution in [0, 0.1) is 0 Å². The maximum Gasteiger partial charge on any atom is 0.419 e. The molecule has 2 aromatic carbocycles. The van der Waals surface area contributed by atoms with Crippen LogP contribution in [-0.4, -0.2) is 48.4 Å². The highest BCUT2D eigenvalue weighted by Gasteiger charge is 2.46. The summed E-state index contributed by atoms with van der Waals surface area (Å²) in [7, 11) is 0. The van der Waals surface area contributed by atoms with Crippen LogP contribution in [0.3, 0.4) is 0 Å². The molecule has 0 bridgehead atoms. The largest absolute Gasteiger partial charge is 0.479 e. The van der Waals surface area contributed by atoms with Crippen LogP contribution < -0.4 is 10.6 Å². The number of hydrogen-bond donors (Lipinski definition) is 3. The summed E-state index contributed by atoms with van der Waals surface area (Å²) in [5.41, 5.74) is 4.37. The van der Waals surface area contributed by atoms with Gasteiger partial charge in [-0.3, -0.25) is 4.79 Å². The molecule has 0 radical (unpaired) electrons. The zero-order chi connectivity index (χ0) is 24.0. The van der Waals surface area contributed by atoms with E-state index in [2.05, 4.69) is 5.32 Å². The number of unbranched alkanes of at least 4 members (excludes halogenated alkanes) is 1. The van der Waals surface area contributed by atoms with Crippen molar-refractivity contribution in [3.8, 4) is 11.1 Å². The lowest BCUT2D eigenvalue weighted by Gasteiger charge is -2.17. The van der Waals surface area contributed by atoms with Crippen LogP contribution in [0.15, 0.2) is 48.5 Å². The summed E-state index contributed by atoms with van der Waals surface area (Å²) in [6, 6.07) is 12.9. The average molecular weight is 464 g/mol. The maximum atomic E-state index is 12.6. The summed E-state index contributed by atoms with van der Waals surface area (Å²) in [5, 5.41) is 12.6. The quantitative estimate of drug-likeness (QED) is 0.490. The summed E-state index contributed by atoms with van der Waals surface area (Å²) < 4.78 is 43.0. The summed E-state index contributed by atoms with van der Waals surface area (Å²) in [6.45, 7) is 0.307. The van der Waals surface area contributed by atoms with Crippen LogP contribution in [0.1, 0.15) is 36.3 Å². The summed E-state index contributed by atoms with van der Waals surface area (Å²) >= 11 is 0. The van der Waals surface area contributed by atoms with Gasteiger partial charge in [0.1, 0.15) is 6.61 Å². The SMILES string of the molecule is O=C(CCCCNC(=O)OCC1c2ccccc2-c2ccccc21)NC(C(=O)O)C(F)(F)F. The van der Waals surface area contributed by atoms with Crippen LogP contribution in [0.4, 0.5) is 18.0 Å². The molecule has 0 spiro atoms. The Morgan fingerprint density at radius 1 is 0.970 bits per heavy atom. The minimum absolute atomic E-state index is 0.0809. The maximum absolute atomic E-state index is 12.6. The summed E-state index contributed by atoms with van der Waals surface area (Å²) in [4.78, 5) is 34.2. The van der Waals surface area contributed by atoms with E-state index in [9.17, 15) is 27.6 Å². The van der Waals surface area contributed by atoms with Crippen LogP contribution in [0.25, 0.3) is 11.1 Å². The molecule has 10 heteroatoms. The molecule has 1 aliphatic carbocycles. The second kappa shape index (κ2) is 10.4. The molecule has 33 heavy (non-hydrogen) atoms. The molecule has 0 aliphatic heterocycles. The van der Waals surface area contributed by atoms with Crippen LogP contribution in [0.5, 0.6) is 0 Å². The number of halogens is 3. The van der Waals surface area contributed by atoms with Crippen molar-refractivity contribution in [2.75, 3.05) is 13.2 Å². The molecule has 1 unspecified atom stereocenters. The van der Waals surface area contributed by atoms with Crippen molar-refractivity contribution in [3.63, 3.8) is 0 Å². The fraction of sp³-hybridized carbons (Fsp3) is 0.348. The van der Waals surface area contributed by atoms with Gasteiger partial charge < -0.3 is 20.5 Å². The van der Waals surface area contributed by atoms with Gasteiger partial charge in [-0.15, -0.1) is 0 Å². The molecule has 0 fully saturated rings. The zero-order valence-electron chi connectivity index (χ0n) is 17.5. The molecule has 3 rings (SSSR count). The first-order valence-corrected chi connectivity index (χ1v) is 10.4. The van der Waals surface area contributed by atoms with Gasteiger partial charge in [0, 0.05) is 18.9 Å². The molecule has 0 saturated carbocycles. The molecule has 3 N–H and O–H groups in total. The van der Waals surface area contributed by atoms with Crippen molar-refractivity contribution in [2.45, 2.75) is 37.4 Å². The number of carbonyl (C=O) groups excluding carboxylic acids is 2. The molecular formula is C23H23F3N2O5. The Bertz CT molecular complexity index is 980. The van der Waals surface area contributed by atoms with Gasteiger partial charge in [-0.05, 0) is 35.1 Å². The Hall–Kier alpha value is -3.56. The minimum Gasteiger partial charge on any atom is -0.479 e. The number of ether oxygens (including phenoxy) is 1. The molecule has 7 nitrogen and oxygen atoms in total. The predicted octanol–water partition coefficient (Wildman–Crippen LogP) is 3.83. The fourth-order valence-electron chi connectivity index (χ4n) is 3.77. The number of alkyl carbamates (subject to hydrolysis) is 1. The van der Waals surface area contributed by atoms with E-state index in [0.29, 0.717) is 6.42 Å². The van der Waals surface area contributed by atoms with E-state index in [1.807, 2.05) is 48.5 Å². The normalized spacial score (nSPS) is 13.5. The van der Waals surface area contributed by atoms with Crippen molar-refractivity contribution in [3.05, 3.63) is 59.7 Å². The number of fused-ring (bicyclic) bond motifs is 3. The molecule has 0 heterocycles. The number of carbonyl (C=O) groups is 3. The van der Waals surface area contributed by atoms with E-state index < -0.39 is 30.2 Å². The molecule has 2 aromatic rings. The third-order valence-corrected chi connectivity index (χ3v) is 5.32. The highest BCUT2D eigenvalue weighted by molar-refractivity contribution is 5.84. The third kappa shape index (κ3) is 6.03. The highest BCUT2D eigenvalue weighted by atomic mass is 19.4. The molecule has 1 atom stereocenters. The number of carboxylic acid groups (broad SMARTS) is 1. The van der Waals surface area contributed by atoms with E-state index in [1.165, 1.54) is 5.32 Å². The topological polar surface area (TPSA) is 105 Å². The van der Waals surface area contributed by atoms with E-state index in [0.717, 1.165) is 22.3 Å². The number of hydrogen-bond acceptors (Lipinski definition) is 4. The molecule has 2 amide bonds. The monoisotopic (exact) mass is 464 g/mol. The number of benzene rings is 2. The van der Waals surface area contributed by atoms with Crippen molar-refractivity contribution < 1.29 is 37.4 Å². The first kappa shape index (κ1) is 24.1. The number of rotatable bonds is 9. The van der Waals surface area contributed by atoms with Gasteiger partial charge in [0.2, 0.25) is 11.9 Å². The lowest BCUT2D eigenvalue weighted by Crippen LogP contribution is -2.50. The van der Waals surface area contributed by atoms with Crippen LogP contribution in [-0.2, 0) is 14.3 Å². The van der Waals surface area contributed by atoms with Gasteiger partial charge >= 0.3 is 18.2 Å². The molecule has 1 aliphatic rings. The smallest absolute Gasteiger partial charge is 0.419 e. The Morgan fingerprint density at radius 3 is 2.09 bits per heavy atom. The number of nitrogens with one attached hydrogen (secondary N) is 2. The molecule has 0 saturated heterocycles. The van der Waals surface area contributed by atoms with Crippen molar-refractivity contribution >= 4 is 18.0 Å². The fourth-order valence-corrected chi connectivity index (χ4v) is 3.77. The van der Waals surface area contributed by atoms with Gasteiger partial charge in [-0.1, -0.05) is 48.5 Å². The highest BCUT2D eigenvalue weighted by Crippen LogP contribution is 2.44. The van der Waals surface area contributed by atoms with Gasteiger partial charge in [0.15, 0.2) is 0 Å². The first-order valence-electron chi connectivity index (χ1n) is 10.4. The number of carboxylic acids is 1. The Balaban J connectivity index is 1.39. The first-order chi connectivity index (χ1) is 15.7. The average Bonchev–Trinajstić information content (AvgIpc) is 3.08. The lowest BCUT2D eigenvalue weighted by molar-refractivity contribution is -0.182. The van der Waals surface area contributed by atoms with Crippen molar-refractivity contribution in [1.82, 2.24) is 10.6 Å². The molecule has 0 aromatic heterocycles. The van der Waals surface area contributed by atoms with E-state index >= 15 is 0 Å². The standard InChI is InChI=1S/C23H23F3N2O5/c24-23(25,26)20(21(30)31)28-19(29)11-5-6-12-27-22(32)33-13-18-16-9-3-1-7-14(16)15-8-2-4-10-17(15)18/h1-4,7-10,18,20H,5-6,11-13H2,(H,27,32)(H,28,29)(H,30,31). The van der Waals surface area contributed by atoms with Gasteiger partial charge in [0.25, 0.3) is 0 Å². The molecule has 176 valence electrons. The predicted molar refractivity (Wildman–Crippen MR) is 113 cm³/mol. The van der Waals surface area contributed by atoms with E-state index in [1.54, 1.807) is 0 Å². The minimum atomic E-state index is -5.08. The Labute approximate surface area is 187 Å². The zero-order valence-corrected chi connectivity index (χ0v) is 17.5. The number of alkyl halides is 3. The van der Waals surface area contributed by atoms with Crippen molar-refractivity contribution in [2.24, 2.45) is 0 Å². The summed E-state index contributed by atoms with van der Waals surface area (Å²) in [5.74, 6) is -3.28. The van der Waals surface area contributed by atoms with Crippen LogP contribution in [0.2, 0.25) is 0 Å². The van der Waals surface area contributed by atoms with Gasteiger partial charge in [0.05, 0.1) is 0 Å². The Morgan fingerprint density at radius 2 is 1.55 bits per heavy atom. The lowest BCUT2D eigenvalue weighted by atomic mass is 9.98. The van der Waals surface area contributed by atoms with Gasteiger partial charge in [-0.25, -0.2) is 9.59 Å². The number of amides is 2. The second-order valence-electron chi connectivity index (χ2n) is 7.59. The Kier molecular flexibility index (Phi) is 7.57. The van der Waals surface area contributed by atoms with E-state index in [4.69, 9.17) is 9.84 Å². The van der Waals surface area contributed by atoms with Gasteiger partial charge in [-0.2, -0.15) is 13.2 Å². The second-order valence-corrected chi connectivity index (χ2v) is 7.59. The summed E-state index contributed by atoms with van der Waals surface area (Å²) in [6.07, 6.45) is -5.54. The number of aliphatic carboxylic acids is 1. The van der Waals surface area contributed by atoms with E-state index in [-0.39, 0.29) is 31.9 Å². The van der Waals surface area contributed by atoms with Crippen LogP contribution >= 0.6 is 0 Å². The third-order valence-electron chi connectivity index (χ3n) is 5.32.